The molecule has 0 unspecified atom stereocenters. The van der Waals surface area contributed by atoms with Crippen LogP contribution in [0.2, 0.25) is 5.15 Å². The Kier molecular flexibility index (Phi) is 4.78. The molecule has 0 aliphatic carbocycles. The Balaban J connectivity index is 2.65. The van der Waals surface area contributed by atoms with Crippen LogP contribution in [0.25, 0.3) is 0 Å². The van der Waals surface area contributed by atoms with E-state index in [0.717, 1.165) is 0 Å². The van der Waals surface area contributed by atoms with Crippen molar-refractivity contribution in [2.75, 3.05) is 11.9 Å². The maximum absolute atomic E-state index is 8.92. The van der Waals surface area contributed by atoms with Gasteiger partial charge in [-0.15, -0.1) is 0 Å². The van der Waals surface area contributed by atoms with Gasteiger partial charge in [0.05, 0.1) is 12.4 Å². The first-order valence-electron chi connectivity index (χ1n) is 4.98. The molecule has 1 aromatic heterocycles. The number of nitrogens with one attached hydrogen (secondary N) is 1. The van der Waals surface area contributed by atoms with Gasteiger partial charge in [-0.2, -0.15) is 0 Å². The zero-order chi connectivity index (χ0) is 11.3. The topological polar surface area (TPSA) is 58.0 Å². The lowest BCUT2D eigenvalue weighted by atomic mass is 10.0. The van der Waals surface area contributed by atoms with E-state index in [-0.39, 0.29) is 12.6 Å². The van der Waals surface area contributed by atoms with E-state index in [2.05, 4.69) is 29.1 Å². The maximum Gasteiger partial charge on any atom is 0.149 e. The maximum atomic E-state index is 8.92. The van der Waals surface area contributed by atoms with Crippen LogP contribution < -0.4 is 5.32 Å². The van der Waals surface area contributed by atoms with E-state index >= 15 is 0 Å². The van der Waals surface area contributed by atoms with Gasteiger partial charge < -0.3 is 10.4 Å². The molecule has 84 valence electrons. The van der Waals surface area contributed by atoms with E-state index in [9.17, 15) is 0 Å². The predicted octanol–water partition coefficient (Wildman–Crippen LogP) is 1.95. The Morgan fingerprint density at radius 2 is 2.20 bits per heavy atom. The molecule has 1 atom stereocenters. The fourth-order valence-electron chi connectivity index (χ4n) is 1.31. The SMILES string of the molecule is CC(C)[C@H](CCO)Nc1cncc(Cl)n1. The average molecular weight is 230 g/mol. The fourth-order valence-corrected chi connectivity index (χ4v) is 1.46. The average Bonchev–Trinajstić information content (AvgIpc) is 2.17. The number of anilines is 1. The zero-order valence-corrected chi connectivity index (χ0v) is 9.70. The molecule has 0 aliphatic heterocycles. The summed E-state index contributed by atoms with van der Waals surface area (Å²) in [5.41, 5.74) is 0. The lowest BCUT2D eigenvalue weighted by Crippen LogP contribution is -2.27. The predicted molar refractivity (Wildman–Crippen MR) is 61.0 cm³/mol. The standard InChI is InChI=1S/C10H16ClN3O/c1-7(2)8(3-4-15)13-10-6-12-5-9(11)14-10/h5-8,15H,3-4H2,1-2H3,(H,13,14)/t8-/m0/s1. The summed E-state index contributed by atoms with van der Waals surface area (Å²) in [6.07, 6.45) is 3.80. The lowest BCUT2D eigenvalue weighted by Gasteiger charge is -2.21. The van der Waals surface area contributed by atoms with E-state index in [4.69, 9.17) is 16.7 Å². The number of aromatic nitrogens is 2. The van der Waals surface area contributed by atoms with Crippen LogP contribution in [0.5, 0.6) is 0 Å². The Labute approximate surface area is 94.7 Å². The summed E-state index contributed by atoms with van der Waals surface area (Å²) in [5, 5.41) is 12.5. The molecule has 0 saturated heterocycles. The lowest BCUT2D eigenvalue weighted by molar-refractivity contribution is 0.267. The van der Waals surface area contributed by atoms with Gasteiger partial charge in [-0.1, -0.05) is 25.4 Å². The highest BCUT2D eigenvalue weighted by molar-refractivity contribution is 6.29. The Morgan fingerprint density at radius 3 is 2.73 bits per heavy atom. The first-order chi connectivity index (χ1) is 7.13. The van der Waals surface area contributed by atoms with Crippen molar-refractivity contribution in [3.8, 4) is 0 Å². The van der Waals surface area contributed by atoms with Crippen molar-refractivity contribution in [3.05, 3.63) is 17.5 Å². The second kappa shape index (κ2) is 5.88. The second-order valence-electron chi connectivity index (χ2n) is 3.73. The van der Waals surface area contributed by atoms with Gasteiger partial charge in [-0.05, 0) is 12.3 Å². The molecule has 0 spiro atoms. The minimum absolute atomic E-state index is 0.157. The molecule has 0 aromatic carbocycles. The highest BCUT2D eigenvalue weighted by Gasteiger charge is 2.13. The van der Waals surface area contributed by atoms with E-state index in [1.165, 1.54) is 6.20 Å². The summed E-state index contributed by atoms with van der Waals surface area (Å²) in [7, 11) is 0. The molecular formula is C10H16ClN3O. The minimum atomic E-state index is 0.157. The van der Waals surface area contributed by atoms with Gasteiger partial charge in [0.25, 0.3) is 0 Å². The Morgan fingerprint density at radius 1 is 1.47 bits per heavy atom. The van der Waals surface area contributed by atoms with Crippen LogP contribution in [0.3, 0.4) is 0 Å². The highest BCUT2D eigenvalue weighted by Crippen LogP contribution is 2.13. The second-order valence-corrected chi connectivity index (χ2v) is 4.12. The van der Waals surface area contributed by atoms with Crippen LogP contribution in [0.4, 0.5) is 5.82 Å². The van der Waals surface area contributed by atoms with Gasteiger partial charge in [0, 0.05) is 12.6 Å². The molecule has 1 aromatic rings. The van der Waals surface area contributed by atoms with Gasteiger partial charge in [0.15, 0.2) is 0 Å². The molecule has 0 radical (unpaired) electrons. The van der Waals surface area contributed by atoms with Crippen LogP contribution in [0, 0.1) is 5.92 Å². The number of nitrogens with zero attached hydrogens (tertiary/aromatic N) is 2. The fraction of sp³-hybridized carbons (Fsp3) is 0.600. The van der Waals surface area contributed by atoms with Crippen LogP contribution in [-0.4, -0.2) is 27.7 Å². The van der Waals surface area contributed by atoms with Crippen molar-refractivity contribution in [1.29, 1.82) is 0 Å². The number of hydrogen-bond acceptors (Lipinski definition) is 4. The van der Waals surface area contributed by atoms with Crippen molar-refractivity contribution in [1.82, 2.24) is 9.97 Å². The van der Waals surface area contributed by atoms with Gasteiger partial charge in [0.2, 0.25) is 0 Å². The molecular weight excluding hydrogens is 214 g/mol. The summed E-state index contributed by atoms with van der Waals surface area (Å²) >= 11 is 5.72. The third kappa shape index (κ3) is 4.01. The molecule has 0 aliphatic rings. The van der Waals surface area contributed by atoms with Crippen molar-refractivity contribution in [2.24, 2.45) is 5.92 Å². The van der Waals surface area contributed by atoms with E-state index in [0.29, 0.717) is 23.3 Å². The summed E-state index contributed by atoms with van der Waals surface area (Å²) < 4.78 is 0. The van der Waals surface area contributed by atoms with Gasteiger partial charge >= 0.3 is 0 Å². The largest absolute Gasteiger partial charge is 0.396 e. The normalized spacial score (nSPS) is 12.9. The molecule has 0 amide bonds. The van der Waals surface area contributed by atoms with Crippen molar-refractivity contribution in [3.63, 3.8) is 0 Å². The van der Waals surface area contributed by atoms with Crippen LogP contribution in [0.15, 0.2) is 12.4 Å². The third-order valence-electron chi connectivity index (χ3n) is 2.18. The van der Waals surface area contributed by atoms with Crippen molar-refractivity contribution < 1.29 is 5.11 Å². The van der Waals surface area contributed by atoms with E-state index < -0.39 is 0 Å². The number of aliphatic hydroxyl groups excluding tert-OH is 1. The van der Waals surface area contributed by atoms with Crippen LogP contribution in [-0.2, 0) is 0 Å². The quantitative estimate of drug-likeness (QED) is 0.810. The number of halogens is 1. The summed E-state index contributed by atoms with van der Waals surface area (Å²) in [6, 6.07) is 0.183. The van der Waals surface area contributed by atoms with E-state index in [1.54, 1.807) is 6.20 Å². The van der Waals surface area contributed by atoms with Crippen LogP contribution in [0.1, 0.15) is 20.3 Å². The number of aliphatic hydroxyl groups is 1. The molecule has 0 fully saturated rings. The van der Waals surface area contributed by atoms with Gasteiger partial charge in [0.1, 0.15) is 11.0 Å². The van der Waals surface area contributed by atoms with Crippen molar-refractivity contribution in [2.45, 2.75) is 26.3 Å². The molecule has 15 heavy (non-hydrogen) atoms. The Hall–Kier alpha value is -0.870. The molecule has 0 bridgehead atoms. The molecule has 4 nitrogen and oxygen atoms in total. The summed E-state index contributed by atoms with van der Waals surface area (Å²) in [6.45, 7) is 4.33. The summed E-state index contributed by atoms with van der Waals surface area (Å²) in [5.74, 6) is 1.06. The molecule has 1 heterocycles. The zero-order valence-electron chi connectivity index (χ0n) is 8.94. The minimum Gasteiger partial charge on any atom is -0.396 e. The van der Waals surface area contributed by atoms with E-state index in [1.807, 2.05) is 0 Å². The molecule has 5 heteroatoms. The number of hydrogen-bond donors (Lipinski definition) is 2. The molecule has 2 N–H and O–H groups in total. The van der Waals surface area contributed by atoms with Gasteiger partial charge in [-0.3, -0.25) is 4.98 Å². The monoisotopic (exact) mass is 229 g/mol. The highest BCUT2D eigenvalue weighted by atomic mass is 35.5. The third-order valence-corrected chi connectivity index (χ3v) is 2.37. The first kappa shape index (κ1) is 12.2. The van der Waals surface area contributed by atoms with Crippen molar-refractivity contribution >= 4 is 17.4 Å². The first-order valence-corrected chi connectivity index (χ1v) is 5.36. The number of rotatable bonds is 5. The summed E-state index contributed by atoms with van der Waals surface area (Å²) in [4.78, 5) is 8.03. The Bertz CT molecular complexity index is 306. The van der Waals surface area contributed by atoms with Crippen LogP contribution >= 0.6 is 11.6 Å². The smallest absolute Gasteiger partial charge is 0.149 e. The molecule has 0 saturated carbocycles. The molecule has 1 rings (SSSR count). The van der Waals surface area contributed by atoms with Gasteiger partial charge in [-0.25, -0.2) is 4.98 Å².